The monoisotopic (exact) mass is 710 g/mol. The first-order chi connectivity index (χ1) is 25.0. The fourth-order valence-electron chi connectivity index (χ4n) is 8.25. The average molecular weight is 711 g/mol. The molecular formula is C44H47BO6Si. The van der Waals surface area contributed by atoms with Crippen molar-refractivity contribution in [2.45, 2.75) is 69.4 Å². The molecule has 5 aromatic carbocycles. The van der Waals surface area contributed by atoms with Crippen LogP contribution in [0.1, 0.15) is 51.3 Å². The molecule has 0 unspecified atom stereocenters. The Hall–Kier alpha value is -4.12. The number of benzene rings is 5. The van der Waals surface area contributed by atoms with Crippen molar-refractivity contribution in [2.75, 3.05) is 6.61 Å². The fourth-order valence-corrected chi connectivity index (χ4v) is 12.9. The average Bonchev–Trinajstić information content (AvgIpc) is 3.62. The van der Waals surface area contributed by atoms with E-state index in [4.69, 9.17) is 18.6 Å². The van der Waals surface area contributed by atoms with Crippen molar-refractivity contribution in [1.29, 1.82) is 0 Å². The Morgan fingerprint density at radius 1 is 0.635 bits per heavy atom. The summed E-state index contributed by atoms with van der Waals surface area (Å²) >= 11 is 0. The summed E-state index contributed by atoms with van der Waals surface area (Å²) in [6.07, 6.45) is -2.13. The van der Waals surface area contributed by atoms with Crippen molar-refractivity contribution in [2.24, 2.45) is 0 Å². The van der Waals surface area contributed by atoms with Gasteiger partial charge < -0.3 is 28.7 Å². The SMILES string of the molecule is CC1(C)O[C@@H]2[C@H](O1)C(COC(c1ccccc1)(c1ccccc1)c1ccccc1)=C(B(O)O)[C@@H]2O[Si](c1ccccc1)(c1ccccc1)C(C)(C)C. The maximum Gasteiger partial charge on any atom is 0.487 e. The quantitative estimate of drug-likeness (QED) is 0.116. The van der Waals surface area contributed by atoms with Gasteiger partial charge in [-0.15, -0.1) is 0 Å². The minimum atomic E-state index is -3.19. The van der Waals surface area contributed by atoms with Gasteiger partial charge in [-0.2, -0.15) is 0 Å². The van der Waals surface area contributed by atoms with Gasteiger partial charge in [0.15, 0.2) is 5.79 Å². The summed E-state index contributed by atoms with van der Waals surface area (Å²) in [5, 5.41) is 24.5. The van der Waals surface area contributed by atoms with Crippen LogP contribution in [-0.4, -0.2) is 56.2 Å². The molecule has 6 nitrogen and oxygen atoms in total. The van der Waals surface area contributed by atoms with Gasteiger partial charge in [0.2, 0.25) is 0 Å². The number of fused-ring (bicyclic) bond motifs is 1. The van der Waals surface area contributed by atoms with E-state index in [-0.39, 0.29) is 11.6 Å². The molecule has 0 spiro atoms. The van der Waals surface area contributed by atoms with E-state index in [1.165, 1.54) is 0 Å². The molecule has 3 atom stereocenters. The Morgan fingerprint density at radius 3 is 1.42 bits per heavy atom. The molecule has 5 aromatic rings. The zero-order valence-electron chi connectivity index (χ0n) is 30.5. The van der Waals surface area contributed by atoms with Crippen molar-refractivity contribution >= 4 is 25.8 Å². The van der Waals surface area contributed by atoms with E-state index >= 15 is 0 Å². The Kier molecular flexibility index (Phi) is 10.0. The summed E-state index contributed by atoms with van der Waals surface area (Å²) in [5.41, 5.74) is 2.72. The van der Waals surface area contributed by atoms with Crippen LogP contribution in [0.25, 0.3) is 0 Å². The first-order valence-corrected chi connectivity index (χ1v) is 19.9. The molecular weight excluding hydrogens is 663 g/mol. The van der Waals surface area contributed by atoms with E-state index in [2.05, 4.69) is 81.4 Å². The summed E-state index contributed by atoms with van der Waals surface area (Å²) in [6, 6.07) is 51.2. The second-order valence-electron chi connectivity index (χ2n) is 15.1. The van der Waals surface area contributed by atoms with Gasteiger partial charge in [-0.1, -0.05) is 172 Å². The lowest BCUT2D eigenvalue weighted by Crippen LogP contribution is -2.68. The Bertz CT molecular complexity index is 1830. The summed E-state index contributed by atoms with van der Waals surface area (Å²) in [4.78, 5) is 0. The van der Waals surface area contributed by atoms with Gasteiger partial charge in [-0.05, 0) is 57.0 Å². The highest BCUT2D eigenvalue weighted by molar-refractivity contribution is 6.99. The zero-order valence-corrected chi connectivity index (χ0v) is 31.5. The molecule has 0 aromatic heterocycles. The van der Waals surface area contributed by atoms with Crippen LogP contribution < -0.4 is 10.4 Å². The van der Waals surface area contributed by atoms with Crippen LogP contribution in [0.5, 0.6) is 0 Å². The number of hydrogen-bond donors (Lipinski definition) is 2. The molecule has 1 heterocycles. The standard InChI is InChI=1S/C44H47BO6Si/c1-42(2,3)52(35-27-17-9-18-28-35,36-29-19-10-20-30-36)51-40-38(45(46)47)37(39-41(40)50-43(4,5)49-39)31-48-44(32-21-11-6-12-22-32,33-23-13-7-14-24-33)34-25-15-8-16-26-34/h6-30,39-41,46-47H,31H2,1-5H3/t39-,40+,41-/m1/s1. The Balaban J connectivity index is 1.41. The number of hydrogen-bond acceptors (Lipinski definition) is 6. The maximum atomic E-state index is 11.4. The van der Waals surface area contributed by atoms with Crippen molar-refractivity contribution in [3.8, 4) is 0 Å². The van der Waals surface area contributed by atoms with Crippen LogP contribution in [0.3, 0.4) is 0 Å². The van der Waals surface area contributed by atoms with Crippen molar-refractivity contribution in [3.05, 3.63) is 179 Å². The van der Waals surface area contributed by atoms with Gasteiger partial charge in [-0.25, -0.2) is 0 Å². The molecule has 0 radical (unpaired) electrons. The fraction of sp³-hybridized carbons (Fsp3) is 0.273. The Morgan fingerprint density at radius 2 is 1.04 bits per heavy atom. The maximum absolute atomic E-state index is 11.4. The molecule has 1 aliphatic heterocycles. The molecule has 7 rings (SSSR count). The molecule has 52 heavy (non-hydrogen) atoms. The van der Waals surface area contributed by atoms with Crippen LogP contribution in [0, 0.1) is 0 Å². The minimum Gasteiger partial charge on any atom is -0.423 e. The smallest absolute Gasteiger partial charge is 0.423 e. The van der Waals surface area contributed by atoms with Gasteiger partial charge in [-0.3, -0.25) is 0 Å². The van der Waals surface area contributed by atoms with E-state index in [1.807, 2.05) is 105 Å². The lowest BCUT2D eigenvalue weighted by atomic mass is 9.75. The predicted octanol–water partition coefficient (Wildman–Crippen LogP) is 6.78. The van der Waals surface area contributed by atoms with Crippen LogP contribution in [0.15, 0.2) is 163 Å². The zero-order chi connectivity index (χ0) is 36.6. The van der Waals surface area contributed by atoms with Gasteiger partial charge in [0.05, 0.1) is 12.7 Å². The van der Waals surface area contributed by atoms with E-state index in [9.17, 15) is 10.0 Å². The number of rotatable bonds is 11. The third kappa shape index (κ3) is 6.43. The van der Waals surface area contributed by atoms with E-state index in [0.29, 0.717) is 11.0 Å². The normalized spacial score (nSPS) is 20.2. The predicted molar refractivity (Wildman–Crippen MR) is 209 cm³/mol. The molecule has 1 aliphatic carbocycles. The van der Waals surface area contributed by atoms with Crippen LogP contribution >= 0.6 is 0 Å². The molecule has 0 saturated carbocycles. The van der Waals surface area contributed by atoms with Crippen molar-refractivity contribution in [3.63, 3.8) is 0 Å². The molecule has 1 fully saturated rings. The molecule has 2 aliphatic rings. The molecule has 1 saturated heterocycles. The van der Waals surface area contributed by atoms with Crippen molar-refractivity contribution < 1.29 is 28.7 Å². The molecule has 266 valence electrons. The highest BCUT2D eigenvalue weighted by Gasteiger charge is 2.60. The number of ether oxygens (including phenoxy) is 3. The minimum absolute atomic E-state index is 0.0207. The van der Waals surface area contributed by atoms with E-state index in [1.54, 1.807) is 0 Å². The summed E-state index contributed by atoms with van der Waals surface area (Å²) < 4.78 is 28.2. The summed E-state index contributed by atoms with van der Waals surface area (Å²) in [6.45, 7) is 10.4. The molecule has 8 heteroatoms. The molecule has 2 N–H and O–H groups in total. The van der Waals surface area contributed by atoms with Crippen molar-refractivity contribution in [1.82, 2.24) is 0 Å². The third-order valence-corrected chi connectivity index (χ3v) is 15.4. The first kappa shape index (κ1) is 36.2. The lowest BCUT2D eigenvalue weighted by molar-refractivity contribution is -0.153. The molecule has 0 amide bonds. The van der Waals surface area contributed by atoms with E-state index < -0.39 is 45.1 Å². The Labute approximate surface area is 309 Å². The molecule has 0 bridgehead atoms. The first-order valence-electron chi connectivity index (χ1n) is 18.0. The van der Waals surface area contributed by atoms with Crippen LogP contribution in [-0.2, 0) is 24.2 Å². The van der Waals surface area contributed by atoms with Gasteiger partial charge in [0.25, 0.3) is 8.32 Å². The van der Waals surface area contributed by atoms with Crippen LogP contribution in [0.4, 0.5) is 0 Å². The highest BCUT2D eigenvalue weighted by Crippen LogP contribution is 2.48. The second kappa shape index (κ2) is 14.4. The van der Waals surface area contributed by atoms with Gasteiger partial charge >= 0.3 is 7.12 Å². The second-order valence-corrected chi connectivity index (χ2v) is 19.4. The topological polar surface area (TPSA) is 77.4 Å². The lowest BCUT2D eigenvalue weighted by Gasteiger charge is -2.45. The van der Waals surface area contributed by atoms with E-state index in [0.717, 1.165) is 27.1 Å². The van der Waals surface area contributed by atoms with Gasteiger partial charge in [0.1, 0.15) is 17.8 Å². The summed E-state index contributed by atoms with van der Waals surface area (Å²) in [5.74, 6) is -0.949. The largest absolute Gasteiger partial charge is 0.487 e. The van der Waals surface area contributed by atoms with Crippen LogP contribution in [0.2, 0.25) is 5.04 Å². The summed E-state index contributed by atoms with van der Waals surface area (Å²) in [7, 11) is -5.03. The highest BCUT2D eigenvalue weighted by atomic mass is 28.4. The van der Waals surface area contributed by atoms with Gasteiger partial charge in [0, 0.05) is 0 Å². The third-order valence-electron chi connectivity index (χ3n) is 10.4.